The minimum atomic E-state index is -0.429. The van der Waals surface area contributed by atoms with Crippen molar-refractivity contribution in [2.75, 3.05) is 19.6 Å². The van der Waals surface area contributed by atoms with Gasteiger partial charge in [0.2, 0.25) is 0 Å². The number of fused-ring (bicyclic) bond motifs is 1. The molecule has 6 heteroatoms. The Morgan fingerprint density at radius 2 is 2.00 bits per heavy atom. The van der Waals surface area contributed by atoms with Crippen molar-refractivity contribution in [2.24, 2.45) is 0 Å². The first-order chi connectivity index (χ1) is 10.0. The van der Waals surface area contributed by atoms with Gasteiger partial charge in [-0.1, -0.05) is 25.4 Å². The molecule has 1 aromatic carbocycles. The highest BCUT2D eigenvalue weighted by Crippen LogP contribution is 2.27. The van der Waals surface area contributed by atoms with Crippen LogP contribution in [0.5, 0.6) is 0 Å². The molecular weight excluding hydrogens is 312 g/mol. The first-order valence-electron chi connectivity index (χ1n) is 7.15. The average molecular weight is 332 g/mol. The number of alkyl halides is 1. The van der Waals surface area contributed by atoms with Gasteiger partial charge in [0.1, 0.15) is 11.6 Å². The summed E-state index contributed by atoms with van der Waals surface area (Å²) in [5.41, 5.74) is 1.43. The second-order valence-corrected chi connectivity index (χ2v) is 5.80. The molecule has 2 rings (SSSR count). The van der Waals surface area contributed by atoms with Crippen molar-refractivity contribution in [1.82, 2.24) is 14.5 Å². The number of aromatic nitrogens is 2. The molecular formula is C15H20Cl2FN3. The molecule has 1 aromatic heterocycles. The Bertz CT molecular complexity index is 623. The van der Waals surface area contributed by atoms with Crippen molar-refractivity contribution in [3.8, 4) is 0 Å². The van der Waals surface area contributed by atoms with Gasteiger partial charge in [-0.05, 0) is 26.1 Å². The van der Waals surface area contributed by atoms with Crippen LogP contribution < -0.4 is 0 Å². The van der Waals surface area contributed by atoms with Crippen LogP contribution in [0.1, 0.15) is 32.6 Å². The molecule has 0 amide bonds. The predicted molar refractivity (Wildman–Crippen MR) is 86.8 cm³/mol. The van der Waals surface area contributed by atoms with Crippen LogP contribution in [0.15, 0.2) is 12.1 Å². The Morgan fingerprint density at radius 1 is 1.33 bits per heavy atom. The van der Waals surface area contributed by atoms with Gasteiger partial charge in [-0.25, -0.2) is 9.37 Å². The van der Waals surface area contributed by atoms with Crippen LogP contribution in [-0.2, 0) is 5.88 Å². The molecule has 0 aliphatic carbocycles. The van der Waals surface area contributed by atoms with E-state index in [-0.39, 0.29) is 16.9 Å². The molecule has 0 fully saturated rings. The Hall–Kier alpha value is -0.840. The van der Waals surface area contributed by atoms with Gasteiger partial charge >= 0.3 is 0 Å². The van der Waals surface area contributed by atoms with Gasteiger partial charge in [0.05, 0.1) is 21.9 Å². The SMILES string of the molecule is CCN(CC)CC(C)n1c(CCl)nc2cc(Cl)c(F)cc21. The molecule has 1 atom stereocenters. The van der Waals surface area contributed by atoms with Crippen LogP contribution in [0.25, 0.3) is 11.0 Å². The first kappa shape index (κ1) is 16.5. The van der Waals surface area contributed by atoms with E-state index in [0.29, 0.717) is 5.52 Å². The third-order valence-corrected chi connectivity index (χ3v) is 4.31. The number of imidazole rings is 1. The molecule has 0 saturated heterocycles. The number of benzene rings is 1. The number of halogens is 3. The van der Waals surface area contributed by atoms with E-state index in [9.17, 15) is 4.39 Å². The highest BCUT2D eigenvalue weighted by atomic mass is 35.5. The summed E-state index contributed by atoms with van der Waals surface area (Å²) >= 11 is 11.8. The van der Waals surface area contributed by atoms with Crippen molar-refractivity contribution < 1.29 is 4.39 Å². The van der Waals surface area contributed by atoms with Crippen LogP contribution >= 0.6 is 23.2 Å². The molecule has 3 nitrogen and oxygen atoms in total. The molecule has 0 aliphatic heterocycles. The summed E-state index contributed by atoms with van der Waals surface area (Å²) in [7, 11) is 0. The van der Waals surface area contributed by atoms with Crippen LogP contribution in [0.2, 0.25) is 5.02 Å². The van der Waals surface area contributed by atoms with E-state index in [2.05, 4.69) is 30.7 Å². The summed E-state index contributed by atoms with van der Waals surface area (Å²) in [5.74, 6) is 0.603. The molecule has 116 valence electrons. The van der Waals surface area contributed by atoms with Gasteiger partial charge in [-0.15, -0.1) is 11.6 Å². The number of rotatable bonds is 6. The quantitative estimate of drug-likeness (QED) is 0.728. The van der Waals surface area contributed by atoms with E-state index in [1.54, 1.807) is 6.07 Å². The fraction of sp³-hybridized carbons (Fsp3) is 0.533. The van der Waals surface area contributed by atoms with Gasteiger partial charge in [0.15, 0.2) is 0 Å². The summed E-state index contributed by atoms with van der Waals surface area (Å²) in [6, 6.07) is 3.16. The van der Waals surface area contributed by atoms with E-state index in [0.717, 1.165) is 31.0 Å². The molecule has 0 saturated carbocycles. The van der Waals surface area contributed by atoms with E-state index >= 15 is 0 Å². The largest absolute Gasteiger partial charge is 0.323 e. The van der Waals surface area contributed by atoms with Gasteiger partial charge in [-0.2, -0.15) is 0 Å². The van der Waals surface area contributed by atoms with Crippen LogP contribution in [0.4, 0.5) is 4.39 Å². The summed E-state index contributed by atoms with van der Waals surface area (Å²) < 4.78 is 15.8. The van der Waals surface area contributed by atoms with Crippen molar-refractivity contribution in [2.45, 2.75) is 32.7 Å². The van der Waals surface area contributed by atoms with Crippen molar-refractivity contribution in [3.05, 3.63) is 28.8 Å². The highest BCUT2D eigenvalue weighted by Gasteiger charge is 2.18. The van der Waals surface area contributed by atoms with Gasteiger partial charge in [0.25, 0.3) is 0 Å². The molecule has 21 heavy (non-hydrogen) atoms. The standard InChI is InChI=1S/C15H20Cl2FN3/c1-4-20(5-2)9-10(3)21-14-7-12(18)11(17)6-13(14)19-15(21)8-16/h6-7,10H,4-5,8-9H2,1-3H3. The lowest BCUT2D eigenvalue weighted by Crippen LogP contribution is -2.30. The average Bonchev–Trinajstić information content (AvgIpc) is 2.82. The van der Waals surface area contributed by atoms with Gasteiger partial charge in [0, 0.05) is 18.7 Å². The topological polar surface area (TPSA) is 21.1 Å². The van der Waals surface area contributed by atoms with Crippen LogP contribution in [0, 0.1) is 5.82 Å². The summed E-state index contributed by atoms with van der Waals surface area (Å²) in [5, 5.41) is 0.0877. The maximum Gasteiger partial charge on any atom is 0.144 e. The summed E-state index contributed by atoms with van der Waals surface area (Å²) in [4.78, 5) is 6.79. The molecule has 1 unspecified atom stereocenters. The second-order valence-electron chi connectivity index (χ2n) is 5.12. The van der Waals surface area contributed by atoms with E-state index < -0.39 is 5.82 Å². The molecule has 0 spiro atoms. The normalized spacial score (nSPS) is 13.3. The zero-order chi connectivity index (χ0) is 15.6. The van der Waals surface area contributed by atoms with Crippen molar-refractivity contribution in [1.29, 1.82) is 0 Å². The number of likely N-dealkylation sites (N-methyl/N-ethyl adjacent to an activating group) is 1. The van der Waals surface area contributed by atoms with Crippen LogP contribution in [-0.4, -0.2) is 34.1 Å². The molecule has 1 heterocycles. The van der Waals surface area contributed by atoms with Crippen LogP contribution in [0.3, 0.4) is 0 Å². The molecule has 0 radical (unpaired) electrons. The smallest absolute Gasteiger partial charge is 0.144 e. The monoisotopic (exact) mass is 331 g/mol. The van der Waals surface area contributed by atoms with Crippen molar-refractivity contribution in [3.63, 3.8) is 0 Å². The molecule has 0 bridgehead atoms. The Labute approximate surface area is 134 Å². The minimum Gasteiger partial charge on any atom is -0.323 e. The fourth-order valence-corrected chi connectivity index (χ4v) is 3.01. The van der Waals surface area contributed by atoms with Gasteiger partial charge < -0.3 is 9.47 Å². The molecule has 2 aromatic rings. The Morgan fingerprint density at radius 3 is 2.57 bits per heavy atom. The number of nitrogens with zero attached hydrogens (tertiary/aromatic N) is 3. The lowest BCUT2D eigenvalue weighted by Gasteiger charge is -2.25. The Kier molecular flexibility index (Phi) is 5.47. The van der Waals surface area contributed by atoms with Gasteiger partial charge in [-0.3, -0.25) is 0 Å². The van der Waals surface area contributed by atoms with Crippen molar-refractivity contribution >= 4 is 34.2 Å². The van der Waals surface area contributed by atoms with E-state index in [1.165, 1.54) is 6.07 Å². The first-order valence-corrected chi connectivity index (χ1v) is 8.07. The maximum atomic E-state index is 13.8. The summed E-state index contributed by atoms with van der Waals surface area (Å²) in [6.45, 7) is 9.18. The summed E-state index contributed by atoms with van der Waals surface area (Å²) in [6.07, 6.45) is 0. The number of hydrogen-bond acceptors (Lipinski definition) is 2. The lowest BCUT2D eigenvalue weighted by atomic mass is 10.2. The third-order valence-electron chi connectivity index (χ3n) is 3.78. The zero-order valence-electron chi connectivity index (χ0n) is 12.5. The third kappa shape index (κ3) is 3.33. The lowest BCUT2D eigenvalue weighted by molar-refractivity contribution is 0.261. The Balaban J connectivity index is 2.47. The predicted octanol–water partition coefficient (Wildman–Crippen LogP) is 4.47. The minimum absolute atomic E-state index is 0.0877. The zero-order valence-corrected chi connectivity index (χ0v) is 14.0. The molecule has 0 N–H and O–H groups in total. The van der Waals surface area contributed by atoms with E-state index in [1.807, 2.05) is 4.57 Å². The second kappa shape index (κ2) is 6.95. The fourth-order valence-electron chi connectivity index (χ4n) is 2.66. The maximum absolute atomic E-state index is 13.8. The van der Waals surface area contributed by atoms with E-state index in [4.69, 9.17) is 23.2 Å². The number of hydrogen-bond donors (Lipinski definition) is 0. The highest BCUT2D eigenvalue weighted by molar-refractivity contribution is 6.31. The molecule has 0 aliphatic rings.